The zero-order valence-corrected chi connectivity index (χ0v) is 18.2. The Balaban J connectivity index is 1.25. The number of anilines is 1. The summed E-state index contributed by atoms with van der Waals surface area (Å²) in [4.78, 5) is 16.2. The molecular formula is C22H23ClN6S. The molecule has 3 heterocycles. The molecule has 30 heavy (non-hydrogen) atoms. The fourth-order valence-corrected chi connectivity index (χ4v) is 4.66. The summed E-state index contributed by atoms with van der Waals surface area (Å²) in [6, 6.07) is 14.6. The zero-order chi connectivity index (χ0) is 20.5. The molecule has 5 rings (SSSR count). The van der Waals surface area contributed by atoms with Crippen LogP contribution in [-0.4, -0.2) is 21.8 Å². The van der Waals surface area contributed by atoms with Crippen LogP contribution in [0.25, 0.3) is 10.4 Å². The van der Waals surface area contributed by atoms with Crippen molar-refractivity contribution >= 4 is 40.5 Å². The SMILES string of the molecule is Cc1cc(N=C2CC(C3CC3)NN2)nc(NCc2ccc(-c3ccc(Cl)cc3)s2)n1. The van der Waals surface area contributed by atoms with Crippen molar-refractivity contribution in [3.05, 3.63) is 58.1 Å². The quantitative estimate of drug-likeness (QED) is 0.500. The minimum atomic E-state index is 0.498. The van der Waals surface area contributed by atoms with Crippen molar-refractivity contribution < 1.29 is 0 Å². The lowest BCUT2D eigenvalue weighted by Crippen LogP contribution is -2.32. The summed E-state index contributed by atoms with van der Waals surface area (Å²) in [6.45, 7) is 2.63. The molecule has 0 radical (unpaired) electrons. The van der Waals surface area contributed by atoms with Crippen LogP contribution in [-0.2, 0) is 6.54 Å². The first-order valence-electron chi connectivity index (χ1n) is 10.2. The Kier molecular flexibility index (Phi) is 5.41. The lowest BCUT2D eigenvalue weighted by molar-refractivity contribution is 0.504. The van der Waals surface area contributed by atoms with Gasteiger partial charge < -0.3 is 10.7 Å². The maximum atomic E-state index is 5.99. The second-order valence-corrected chi connectivity index (χ2v) is 9.40. The molecule has 2 fully saturated rings. The van der Waals surface area contributed by atoms with E-state index in [0.717, 1.165) is 28.9 Å². The molecule has 0 spiro atoms. The standard InChI is InChI=1S/C22H23ClN6S/c1-13-10-20(26-21-11-18(28-29-21)14-2-3-14)27-22(25-13)24-12-17-8-9-19(30-17)15-4-6-16(23)7-5-15/h4-10,14,18,28H,2-3,11-12H2,1H3,(H2,24,25,26,27,29). The second kappa shape index (κ2) is 8.34. The number of thiophene rings is 1. The molecular weight excluding hydrogens is 416 g/mol. The summed E-state index contributed by atoms with van der Waals surface area (Å²) in [5, 5.41) is 4.09. The molecule has 6 nitrogen and oxygen atoms in total. The molecule has 0 amide bonds. The molecule has 1 atom stereocenters. The molecule has 1 saturated carbocycles. The molecule has 2 aliphatic rings. The van der Waals surface area contributed by atoms with E-state index in [1.165, 1.54) is 28.2 Å². The van der Waals surface area contributed by atoms with E-state index in [1.54, 1.807) is 11.3 Å². The van der Waals surface area contributed by atoms with Crippen molar-refractivity contribution in [2.75, 3.05) is 5.32 Å². The first-order valence-corrected chi connectivity index (χ1v) is 11.4. The van der Waals surface area contributed by atoms with Gasteiger partial charge in [-0.2, -0.15) is 4.98 Å². The molecule has 1 saturated heterocycles. The van der Waals surface area contributed by atoms with Crippen LogP contribution in [0.15, 0.2) is 47.5 Å². The summed E-state index contributed by atoms with van der Waals surface area (Å²) in [5.74, 6) is 3.01. The Morgan fingerprint density at radius 1 is 1.17 bits per heavy atom. The zero-order valence-electron chi connectivity index (χ0n) is 16.7. The van der Waals surface area contributed by atoms with E-state index in [1.807, 2.05) is 37.3 Å². The highest BCUT2D eigenvalue weighted by molar-refractivity contribution is 7.15. The molecule has 1 aliphatic carbocycles. The monoisotopic (exact) mass is 438 g/mol. The minimum absolute atomic E-state index is 0.498. The van der Waals surface area contributed by atoms with E-state index in [0.29, 0.717) is 24.4 Å². The van der Waals surface area contributed by atoms with Crippen molar-refractivity contribution in [3.63, 3.8) is 0 Å². The Morgan fingerprint density at radius 3 is 2.80 bits per heavy atom. The number of nitrogens with one attached hydrogen (secondary N) is 3. The van der Waals surface area contributed by atoms with E-state index in [2.05, 4.69) is 43.3 Å². The largest absolute Gasteiger partial charge is 0.349 e. The van der Waals surface area contributed by atoms with Crippen molar-refractivity contribution in [1.82, 2.24) is 20.8 Å². The number of hydrogen-bond donors (Lipinski definition) is 3. The van der Waals surface area contributed by atoms with E-state index < -0.39 is 0 Å². The van der Waals surface area contributed by atoms with Gasteiger partial charge in [-0.1, -0.05) is 23.7 Å². The van der Waals surface area contributed by atoms with Crippen molar-refractivity contribution in [3.8, 4) is 10.4 Å². The van der Waals surface area contributed by atoms with Crippen LogP contribution < -0.4 is 16.2 Å². The van der Waals surface area contributed by atoms with Gasteiger partial charge in [-0.15, -0.1) is 11.3 Å². The van der Waals surface area contributed by atoms with E-state index in [-0.39, 0.29) is 0 Å². The molecule has 2 aromatic heterocycles. The fourth-order valence-electron chi connectivity index (χ4n) is 3.58. The summed E-state index contributed by atoms with van der Waals surface area (Å²) in [5.41, 5.74) is 8.61. The Morgan fingerprint density at radius 2 is 2.00 bits per heavy atom. The number of nitrogens with zero attached hydrogens (tertiary/aromatic N) is 3. The van der Waals surface area contributed by atoms with Gasteiger partial charge in [-0.3, -0.25) is 0 Å². The van der Waals surface area contributed by atoms with E-state index in [4.69, 9.17) is 11.6 Å². The highest BCUT2D eigenvalue weighted by Crippen LogP contribution is 2.35. The molecule has 1 unspecified atom stereocenters. The number of hydrogen-bond acceptors (Lipinski definition) is 6. The molecule has 154 valence electrons. The van der Waals surface area contributed by atoms with Crippen LogP contribution in [0, 0.1) is 12.8 Å². The number of amidine groups is 1. The number of aliphatic imine (C=N–C) groups is 1. The van der Waals surface area contributed by atoms with Crippen molar-refractivity contribution in [2.45, 2.75) is 38.8 Å². The number of benzene rings is 1. The van der Waals surface area contributed by atoms with Crippen LogP contribution in [0.4, 0.5) is 11.8 Å². The molecule has 3 aromatic rings. The van der Waals surface area contributed by atoms with Gasteiger partial charge in [0.25, 0.3) is 0 Å². The Labute approximate surface area is 184 Å². The van der Waals surface area contributed by atoms with Gasteiger partial charge in [0.15, 0.2) is 5.82 Å². The third kappa shape index (κ3) is 4.64. The lowest BCUT2D eigenvalue weighted by Gasteiger charge is -2.06. The second-order valence-electron chi connectivity index (χ2n) is 7.79. The maximum absolute atomic E-state index is 5.99. The van der Waals surface area contributed by atoms with E-state index in [9.17, 15) is 0 Å². The van der Waals surface area contributed by atoms with Crippen molar-refractivity contribution in [2.24, 2.45) is 10.9 Å². The summed E-state index contributed by atoms with van der Waals surface area (Å²) in [7, 11) is 0. The number of hydrazine groups is 1. The molecule has 3 N–H and O–H groups in total. The normalized spacial score (nSPS) is 19.8. The van der Waals surface area contributed by atoms with Gasteiger partial charge in [0, 0.05) is 39.0 Å². The van der Waals surface area contributed by atoms with Gasteiger partial charge >= 0.3 is 0 Å². The van der Waals surface area contributed by atoms with Crippen LogP contribution in [0.5, 0.6) is 0 Å². The van der Waals surface area contributed by atoms with Crippen molar-refractivity contribution in [1.29, 1.82) is 0 Å². The summed E-state index contributed by atoms with van der Waals surface area (Å²) < 4.78 is 0. The van der Waals surface area contributed by atoms with Gasteiger partial charge in [0.1, 0.15) is 5.84 Å². The van der Waals surface area contributed by atoms with Gasteiger partial charge in [0.05, 0.1) is 6.54 Å². The highest BCUT2D eigenvalue weighted by atomic mass is 35.5. The molecule has 0 bridgehead atoms. The number of halogens is 1. The van der Waals surface area contributed by atoms with Crippen LogP contribution in [0.1, 0.15) is 29.8 Å². The Hall–Kier alpha value is -2.48. The van der Waals surface area contributed by atoms with E-state index >= 15 is 0 Å². The minimum Gasteiger partial charge on any atom is -0.349 e. The first kappa shape index (κ1) is 19.5. The number of aryl methyl sites for hydroxylation is 1. The summed E-state index contributed by atoms with van der Waals surface area (Å²) >= 11 is 7.73. The van der Waals surface area contributed by atoms with Crippen LogP contribution >= 0.6 is 22.9 Å². The lowest BCUT2D eigenvalue weighted by atomic mass is 10.1. The molecule has 1 aliphatic heterocycles. The maximum Gasteiger partial charge on any atom is 0.225 e. The third-order valence-corrected chi connectivity index (χ3v) is 6.69. The fraction of sp³-hybridized carbons (Fsp3) is 0.318. The molecule has 8 heteroatoms. The topological polar surface area (TPSA) is 74.2 Å². The smallest absolute Gasteiger partial charge is 0.225 e. The van der Waals surface area contributed by atoms with Gasteiger partial charge in [-0.25, -0.2) is 15.4 Å². The molecule has 1 aromatic carbocycles. The summed E-state index contributed by atoms with van der Waals surface area (Å²) in [6.07, 6.45) is 3.56. The average Bonchev–Trinajstić information content (AvgIpc) is 3.29. The first-order chi connectivity index (χ1) is 14.6. The van der Waals surface area contributed by atoms with Gasteiger partial charge in [-0.05, 0) is 55.5 Å². The highest BCUT2D eigenvalue weighted by Gasteiger charge is 2.35. The third-order valence-electron chi connectivity index (χ3n) is 5.31. The number of aromatic nitrogens is 2. The predicted molar refractivity (Wildman–Crippen MR) is 123 cm³/mol. The number of rotatable bonds is 6. The predicted octanol–water partition coefficient (Wildman–Crippen LogP) is 5.09. The van der Waals surface area contributed by atoms with Gasteiger partial charge in [0.2, 0.25) is 5.95 Å². The van der Waals surface area contributed by atoms with Crippen LogP contribution in [0.2, 0.25) is 5.02 Å². The Bertz CT molecular complexity index is 1070. The van der Waals surface area contributed by atoms with Crippen LogP contribution in [0.3, 0.4) is 0 Å². The average molecular weight is 439 g/mol.